The van der Waals surface area contributed by atoms with Crippen molar-refractivity contribution in [1.29, 1.82) is 0 Å². The van der Waals surface area contributed by atoms with E-state index in [4.69, 9.17) is 9.72 Å². The van der Waals surface area contributed by atoms with Gasteiger partial charge in [0.15, 0.2) is 0 Å². The summed E-state index contributed by atoms with van der Waals surface area (Å²) in [4.78, 5) is 19.6. The van der Waals surface area contributed by atoms with Crippen molar-refractivity contribution in [1.82, 2.24) is 19.8 Å². The Kier molecular flexibility index (Phi) is 6.16. The van der Waals surface area contributed by atoms with Gasteiger partial charge in [-0.3, -0.25) is 14.3 Å². The largest absolute Gasteiger partial charge is 0.379 e. The van der Waals surface area contributed by atoms with Gasteiger partial charge in [0.1, 0.15) is 5.82 Å². The molecule has 1 fully saturated rings. The number of aromatic nitrogens is 2. The third kappa shape index (κ3) is 4.40. The number of ether oxygens (including phenoxy) is 1. The Bertz CT molecular complexity index is 1020. The van der Waals surface area contributed by atoms with Crippen molar-refractivity contribution in [3.63, 3.8) is 0 Å². The summed E-state index contributed by atoms with van der Waals surface area (Å²) in [5, 5.41) is 3.02. The van der Waals surface area contributed by atoms with Gasteiger partial charge >= 0.3 is 0 Å². The van der Waals surface area contributed by atoms with Crippen molar-refractivity contribution in [2.75, 3.05) is 39.4 Å². The number of amides is 1. The predicted molar refractivity (Wildman–Crippen MR) is 119 cm³/mol. The number of nitrogens with one attached hydrogen (secondary N) is 1. The minimum Gasteiger partial charge on any atom is -0.379 e. The van der Waals surface area contributed by atoms with Crippen LogP contribution in [0.4, 0.5) is 0 Å². The van der Waals surface area contributed by atoms with Gasteiger partial charge in [0, 0.05) is 37.4 Å². The molecule has 1 aliphatic rings. The smallest absolute Gasteiger partial charge is 0.251 e. The quantitative estimate of drug-likeness (QED) is 0.681. The van der Waals surface area contributed by atoms with Crippen molar-refractivity contribution in [2.24, 2.45) is 0 Å². The van der Waals surface area contributed by atoms with E-state index in [1.165, 1.54) is 5.56 Å². The molecule has 2 aromatic carbocycles. The maximum atomic E-state index is 12.6. The van der Waals surface area contributed by atoms with Crippen LogP contribution in [0.25, 0.3) is 16.7 Å². The van der Waals surface area contributed by atoms with E-state index in [0.717, 1.165) is 55.4 Å². The van der Waals surface area contributed by atoms with E-state index in [1.807, 2.05) is 25.1 Å². The van der Waals surface area contributed by atoms with E-state index < -0.39 is 0 Å². The van der Waals surface area contributed by atoms with Gasteiger partial charge in [-0.25, -0.2) is 4.98 Å². The zero-order chi connectivity index (χ0) is 21.1. The Balaban J connectivity index is 1.48. The van der Waals surface area contributed by atoms with Crippen molar-refractivity contribution in [2.45, 2.75) is 26.7 Å². The second-order valence-electron chi connectivity index (χ2n) is 8.15. The number of aryl methyl sites for hydroxylation is 1. The maximum Gasteiger partial charge on any atom is 0.251 e. The zero-order valence-electron chi connectivity index (χ0n) is 18.0. The molecule has 2 heterocycles. The lowest BCUT2D eigenvalue weighted by Crippen LogP contribution is -2.41. The van der Waals surface area contributed by atoms with Gasteiger partial charge in [-0.2, -0.15) is 0 Å². The molecule has 1 N–H and O–H groups in total. The number of nitrogens with zero attached hydrogens (tertiary/aromatic N) is 3. The summed E-state index contributed by atoms with van der Waals surface area (Å²) in [6.07, 6.45) is 0. The minimum atomic E-state index is -0.0568. The molecule has 1 amide bonds. The number of rotatable bonds is 6. The molecule has 4 rings (SSSR count). The molecule has 0 saturated carbocycles. The lowest BCUT2D eigenvalue weighted by atomic mass is 10.0. The lowest BCUT2D eigenvalue weighted by molar-refractivity contribution is 0.0383. The molecule has 30 heavy (non-hydrogen) atoms. The van der Waals surface area contributed by atoms with Crippen molar-refractivity contribution < 1.29 is 9.53 Å². The second-order valence-corrected chi connectivity index (χ2v) is 8.15. The van der Waals surface area contributed by atoms with E-state index in [2.05, 4.69) is 52.9 Å². The van der Waals surface area contributed by atoms with Crippen LogP contribution in [0.2, 0.25) is 0 Å². The summed E-state index contributed by atoms with van der Waals surface area (Å²) in [5.74, 6) is 1.36. The molecule has 1 aliphatic heterocycles. The number of carbonyl (C=O) groups is 1. The Morgan fingerprint density at radius 2 is 1.87 bits per heavy atom. The van der Waals surface area contributed by atoms with Crippen molar-refractivity contribution in [3.8, 4) is 5.69 Å². The number of fused-ring (bicyclic) bond motifs is 1. The fourth-order valence-electron chi connectivity index (χ4n) is 3.93. The molecule has 0 unspecified atom stereocenters. The van der Waals surface area contributed by atoms with E-state index in [1.54, 1.807) is 0 Å². The highest BCUT2D eigenvalue weighted by molar-refractivity contribution is 5.97. The number of hydrogen-bond acceptors (Lipinski definition) is 4. The van der Waals surface area contributed by atoms with Crippen LogP contribution >= 0.6 is 0 Å². The molecule has 6 heteroatoms. The zero-order valence-corrected chi connectivity index (χ0v) is 18.0. The van der Waals surface area contributed by atoms with Gasteiger partial charge in [0.05, 0.1) is 24.2 Å². The highest BCUT2D eigenvalue weighted by Crippen LogP contribution is 2.24. The monoisotopic (exact) mass is 406 g/mol. The van der Waals surface area contributed by atoms with E-state index >= 15 is 0 Å². The van der Waals surface area contributed by atoms with Gasteiger partial charge in [-0.05, 0) is 48.7 Å². The van der Waals surface area contributed by atoms with Crippen LogP contribution in [0.5, 0.6) is 0 Å². The molecule has 0 radical (unpaired) electrons. The molecule has 6 nitrogen and oxygen atoms in total. The second kappa shape index (κ2) is 8.98. The van der Waals surface area contributed by atoms with Gasteiger partial charge in [-0.15, -0.1) is 0 Å². The van der Waals surface area contributed by atoms with E-state index in [-0.39, 0.29) is 5.91 Å². The first kappa shape index (κ1) is 20.6. The summed E-state index contributed by atoms with van der Waals surface area (Å²) in [6.45, 7) is 11.3. The first-order valence-electron chi connectivity index (χ1n) is 10.7. The summed E-state index contributed by atoms with van der Waals surface area (Å²) >= 11 is 0. The number of hydrogen-bond donors (Lipinski definition) is 1. The SMILES string of the molecule is Cc1nc2cc(C(=O)NCCN3CCOCC3)ccc2n1-c1ccc(C(C)C)cc1. The first-order valence-corrected chi connectivity index (χ1v) is 10.7. The molecule has 158 valence electrons. The number of morpholine rings is 1. The molecule has 0 spiro atoms. The van der Waals surface area contributed by atoms with Crippen LogP contribution in [0.3, 0.4) is 0 Å². The summed E-state index contributed by atoms with van der Waals surface area (Å²) in [7, 11) is 0. The van der Waals surface area contributed by atoms with Gasteiger partial charge in [-0.1, -0.05) is 26.0 Å². The standard InChI is InChI=1S/C24H30N4O2/c1-17(2)19-4-7-21(8-5-19)28-18(3)26-22-16-20(6-9-23(22)28)24(29)25-10-11-27-12-14-30-15-13-27/h4-9,16-17H,10-15H2,1-3H3,(H,25,29). The van der Waals surface area contributed by atoms with Crippen molar-refractivity contribution in [3.05, 3.63) is 59.4 Å². The number of carbonyl (C=O) groups excluding carboxylic acids is 1. The van der Waals surface area contributed by atoms with Gasteiger partial charge in [0.25, 0.3) is 5.91 Å². The minimum absolute atomic E-state index is 0.0568. The van der Waals surface area contributed by atoms with E-state index in [0.29, 0.717) is 18.0 Å². The fraction of sp³-hybridized carbons (Fsp3) is 0.417. The van der Waals surface area contributed by atoms with Crippen LogP contribution in [-0.2, 0) is 4.74 Å². The molecule has 0 aliphatic carbocycles. The van der Waals surface area contributed by atoms with Crippen LogP contribution < -0.4 is 5.32 Å². The molecule has 1 saturated heterocycles. The van der Waals surface area contributed by atoms with E-state index in [9.17, 15) is 4.79 Å². The number of benzene rings is 2. The lowest BCUT2D eigenvalue weighted by Gasteiger charge is -2.26. The fourth-order valence-corrected chi connectivity index (χ4v) is 3.93. The molecule has 3 aromatic rings. The molecule has 0 atom stereocenters. The molecule has 1 aromatic heterocycles. The highest BCUT2D eigenvalue weighted by Gasteiger charge is 2.14. The van der Waals surface area contributed by atoms with Crippen LogP contribution in [0, 0.1) is 6.92 Å². The average Bonchev–Trinajstić information content (AvgIpc) is 3.09. The summed E-state index contributed by atoms with van der Waals surface area (Å²) in [6, 6.07) is 14.4. The van der Waals surface area contributed by atoms with Crippen molar-refractivity contribution >= 4 is 16.9 Å². The Morgan fingerprint density at radius 1 is 1.13 bits per heavy atom. The third-order valence-electron chi connectivity index (χ3n) is 5.72. The van der Waals surface area contributed by atoms with Gasteiger partial charge in [0.2, 0.25) is 0 Å². The molecule has 0 bridgehead atoms. The first-order chi connectivity index (χ1) is 14.5. The molecular formula is C24H30N4O2. The summed E-state index contributed by atoms with van der Waals surface area (Å²) < 4.78 is 7.50. The average molecular weight is 407 g/mol. The highest BCUT2D eigenvalue weighted by atomic mass is 16.5. The van der Waals surface area contributed by atoms with Crippen LogP contribution in [-0.4, -0.2) is 59.8 Å². The summed E-state index contributed by atoms with van der Waals surface area (Å²) in [5.41, 5.74) is 4.89. The Morgan fingerprint density at radius 3 is 2.57 bits per heavy atom. The Hall–Kier alpha value is -2.70. The maximum absolute atomic E-state index is 12.6. The third-order valence-corrected chi connectivity index (χ3v) is 5.72. The van der Waals surface area contributed by atoms with Crippen LogP contribution in [0.1, 0.15) is 41.5 Å². The molecular weight excluding hydrogens is 376 g/mol. The Labute approximate surface area is 177 Å². The predicted octanol–water partition coefficient (Wildman–Crippen LogP) is 3.52. The van der Waals surface area contributed by atoms with Crippen LogP contribution in [0.15, 0.2) is 42.5 Å². The normalized spacial score (nSPS) is 15.1. The topological polar surface area (TPSA) is 59.4 Å². The van der Waals surface area contributed by atoms with Gasteiger partial charge < -0.3 is 10.1 Å². The number of imidazole rings is 1.